The first-order chi connectivity index (χ1) is 9.60. The zero-order valence-corrected chi connectivity index (χ0v) is 12.0. The molecule has 2 aromatic rings. The summed E-state index contributed by atoms with van der Waals surface area (Å²) in [7, 11) is 1.31. The van der Waals surface area contributed by atoms with Gasteiger partial charge in [-0.05, 0) is 19.1 Å². The van der Waals surface area contributed by atoms with E-state index in [9.17, 15) is 9.59 Å². The molecule has 0 aliphatic carbocycles. The smallest absolute Gasteiger partial charge is 0.350 e. The van der Waals surface area contributed by atoms with Crippen LogP contribution in [-0.4, -0.2) is 24.0 Å². The maximum atomic E-state index is 11.8. The maximum Gasteiger partial charge on any atom is 0.350 e. The average Bonchev–Trinajstić information content (AvgIpc) is 3.05. The van der Waals surface area contributed by atoms with Crippen molar-refractivity contribution in [3.05, 3.63) is 34.7 Å². The molecule has 0 radical (unpaired) electrons. The SMILES string of the molecule is COC(=O)c1sc(NC(=O)CCc2ccco2)nc1C. The zero-order valence-electron chi connectivity index (χ0n) is 11.1. The van der Waals surface area contributed by atoms with Crippen molar-refractivity contribution in [3.63, 3.8) is 0 Å². The molecule has 6 nitrogen and oxygen atoms in total. The fourth-order valence-corrected chi connectivity index (χ4v) is 2.51. The van der Waals surface area contributed by atoms with Gasteiger partial charge in [-0.25, -0.2) is 9.78 Å². The number of nitrogens with zero attached hydrogens (tertiary/aromatic N) is 1. The fraction of sp³-hybridized carbons (Fsp3) is 0.308. The maximum absolute atomic E-state index is 11.8. The Hall–Kier alpha value is -2.15. The number of aromatic nitrogens is 1. The van der Waals surface area contributed by atoms with E-state index in [4.69, 9.17) is 4.42 Å². The Morgan fingerprint density at radius 1 is 1.50 bits per heavy atom. The average molecular weight is 294 g/mol. The van der Waals surface area contributed by atoms with Gasteiger partial charge in [0.25, 0.3) is 0 Å². The third-order valence-corrected chi connectivity index (χ3v) is 3.65. The van der Waals surface area contributed by atoms with Gasteiger partial charge in [-0.3, -0.25) is 4.79 Å². The summed E-state index contributed by atoms with van der Waals surface area (Å²) in [6.45, 7) is 1.70. The summed E-state index contributed by atoms with van der Waals surface area (Å²) in [5.74, 6) is 0.133. The van der Waals surface area contributed by atoms with Crippen LogP contribution >= 0.6 is 11.3 Å². The second-order valence-electron chi connectivity index (χ2n) is 4.05. The normalized spacial score (nSPS) is 10.3. The second kappa shape index (κ2) is 6.33. The zero-order chi connectivity index (χ0) is 14.5. The molecule has 2 aromatic heterocycles. The van der Waals surface area contributed by atoms with Crippen LogP contribution in [0.15, 0.2) is 22.8 Å². The number of carbonyl (C=O) groups excluding carboxylic acids is 2. The molecule has 0 saturated heterocycles. The predicted octanol–water partition coefficient (Wildman–Crippen LogP) is 2.40. The lowest BCUT2D eigenvalue weighted by molar-refractivity contribution is -0.116. The number of hydrogen-bond acceptors (Lipinski definition) is 6. The van der Waals surface area contributed by atoms with Crippen molar-refractivity contribution in [2.75, 3.05) is 12.4 Å². The third kappa shape index (κ3) is 3.45. The third-order valence-electron chi connectivity index (χ3n) is 2.59. The van der Waals surface area contributed by atoms with Gasteiger partial charge in [0.1, 0.15) is 10.6 Å². The number of nitrogens with one attached hydrogen (secondary N) is 1. The van der Waals surface area contributed by atoms with Gasteiger partial charge in [0.2, 0.25) is 5.91 Å². The molecule has 0 saturated carbocycles. The molecule has 7 heteroatoms. The van der Waals surface area contributed by atoms with Crippen molar-refractivity contribution in [1.29, 1.82) is 0 Å². The molecule has 0 atom stereocenters. The molecular formula is C13H14N2O4S. The monoisotopic (exact) mass is 294 g/mol. The van der Waals surface area contributed by atoms with Crippen LogP contribution in [0.4, 0.5) is 5.13 Å². The van der Waals surface area contributed by atoms with Crippen molar-refractivity contribution < 1.29 is 18.7 Å². The molecule has 0 spiro atoms. The van der Waals surface area contributed by atoms with Gasteiger partial charge in [0, 0.05) is 12.8 Å². The van der Waals surface area contributed by atoms with Crippen LogP contribution in [-0.2, 0) is 16.0 Å². The Balaban J connectivity index is 1.92. The quantitative estimate of drug-likeness (QED) is 0.856. The van der Waals surface area contributed by atoms with E-state index in [0.717, 1.165) is 17.1 Å². The standard InChI is InChI=1S/C13H14N2O4S/c1-8-11(12(17)18-2)20-13(14-8)15-10(16)6-5-9-4-3-7-19-9/h3-4,7H,5-6H2,1-2H3,(H,14,15,16). The number of rotatable bonds is 5. The molecule has 0 bridgehead atoms. The van der Waals surface area contributed by atoms with Crippen molar-refractivity contribution in [2.24, 2.45) is 0 Å². The summed E-state index contributed by atoms with van der Waals surface area (Å²) in [6.07, 6.45) is 2.38. The lowest BCUT2D eigenvalue weighted by Crippen LogP contribution is -2.11. The topological polar surface area (TPSA) is 81.4 Å². The van der Waals surface area contributed by atoms with E-state index in [0.29, 0.717) is 28.5 Å². The highest BCUT2D eigenvalue weighted by Gasteiger charge is 2.16. The molecule has 0 aliphatic heterocycles. The molecule has 0 unspecified atom stereocenters. The summed E-state index contributed by atoms with van der Waals surface area (Å²) < 4.78 is 9.79. The van der Waals surface area contributed by atoms with Gasteiger partial charge >= 0.3 is 5.97 Å². The Bertz CT molecular complexity index is 604. The number of thiazole rings is 1. The number of anilines is 1. The molecule has 2 heterocycles. The number of ether oxygens (including phenoxy) is 1. The van der Waals surface area contributed by atoms with E-state index in [2.05, 4.69) is 15.0 Å². The van der Waals surface area contributed by atoms with Crippen molar-refractivity contribution in [3.8, 4) is 0 Å². The Morgan fingerprint density at radius 2 is 2.30 bits per heavy atom. The van der Waals surface area contributed by atoms with E-state index < -0.39 is 5.97 Å². The Labute approximate surface area is 119 Å². The minimum Gasteiger partial charge on any atom is -0.469 e. The number of methoxy groups -OCH3 is 1. The summed E-state index contributed by atoms with van der Waals surface area (Å²) in [6, 6.07) is 3.59. The number of esters is 1. The molecule has 2 rings (SSSR count). The van der Waals surface area contributed by atoms with Gasteiger partial charge in [-0.15, -0.1) is 0 Å². The first-order valence-corrected chi connectivity index (χ1v) is 6.79. The van der Waals surface area contributed by atoms with Crippen molar-refractivity contribution in [2.45, 2.75) is 19.8 Å². The minimum atomic E-state index is -0.448. The van der Waals surface area contributed by atoms with Crippen LogP contribution in [0.2, 0.25) is 0 Å². The van der Waals surface area contributed by atoms with Gasteiger partial charge in [0.15, 0.2) is 5.13 Å². The van der Waals surface area contributed by atoms with Crippen LogP contribution in [0.1, 0.15) is 27.5 Å². The summed E-state index contributed by atoms with van der Waals surface area (Å²) in [5.41, 5.74) is 0.545. The highest BCUT2D eigenvalue weighted by molar-refractivity contribution is 7.17. The molecule has 0 aliphatic rings. The van der Waals surface area contributed by atoms with Crippen LogP contribution < -0.4 is 5.32 Å². The molecule has 1 N–H and O–H groups in total. The van der Waals surface area contributed by atoms with Crippen LogP contribution in [0.3, 0.4) is 0 Å². The first-order valence-electron chi connectivity index (χ1n) is 5.98. The number of amides is 1. The lowest BCUT2D eigenvalue weighted by atomic mass is 10.2. The van der Waals surface area contributed by atoms with Gasteiger partial charge in [-0.2, -0.15) is 0 Å². The molecule has 1 amide bonds. The van der Waals surface area contributed by atoms with E-state index in [1.165, 1.54) is 7.11 Å². The number of aryl methyl sites for hydroxylation is 2. The minimum absolute atomic E-state index is 0.174. The highest BCUT2D eigenvalue weighted by atomic mass is 32.1. The van der Waals surface area contributed by atoms with Gasteiger partial charge in [0.05, 0.1) is 19.1 Å². The molecule has 20 heavy (non-hydrogen) atoms. The molecular weight excluding hydrogens is 280 g/mol. The summed E-state index contributed by atoms with van der Waals surface area (Å²) >= 11 is 1.10. The van der Waals surface area contributed by atoms with E-state index in [1.807, 2.05) is 6.07 Å². The number of hydrogen-bond donors (Lipinski definition) is 1. The summed E-state index contributed by atoms with van der Waals surface area (Å²) in [4.78, 5) is 27.7. The van der Waals surface area contributed by atoms with Crippen LogP contribution in [0, 0.1) is 6.92 Å². The van der Waals surface area contributed by atoms with Gasteiger partial charge in [-0.1, -0.05) is 11.3 Å². The molecule has 0 fully saturated rings. The van der Waals surface area contributed by atoms with Crippen LogP contribution in [0.5, 0.6) is 0 Å². The largest absolute Gasteiger partial charge is 0.469 e. The molecule has 106 valence electrons. The number of furan rings is 1. The predicted molar refractivity (Wildman–Crippen MR) is 73.8 cm³/mol. The summed E-state index contributed by atoms with van der Waals surface area (Å²) in [5, 5.41) is 3.06. The molecule has 0 aromatic carbocycles. The van der Waals surface area contributed by atoms with Crippen LogP contribution in [0.25, 0.3) is 0 Å². The lowest BCUT2D eigenvalue weighted by Gasteiger charge is -1.99. The number of carbonyl (C=O) groups is 2. The van der Waals surface area contributed by atoms with E-state index in [-0.39, 0.29) is 5.91 Å². The second-order valence-corrected chi connectivity index (χ2v) is 5.05. The first kappa shape index (κ1) is 14.3. The fourth-order valence-electron chi connectivity index (χ4n) is 1.61. The van der Waals surface area contributed by atoms with Crippen molar-refractivity contribution in [1.82, 2.24) is 4.98 Å². The Morgan fingerprint density at radius 3 is 2.95 bits per heavy atom. The van der Waals surface area contributed by atoms with E-state index in [1.54, 1.807) is 19.3 Å². The highest BCUT2D eigenvalue weighted by Crippen LogP contribution is 2.23. The van der Waals surface area contributed by atoms with Crippen molar-refractivity contribution >= 4 is 28.3 Å². The van der Waals surface area contributed by atoms with E-state index >= 15 is 0 Å². The van der Waals surface area contributed by atoms with Gasteiger partial charge < -0.3 is 14.5 Å². The Kier molecular flexibility index (Phi) is 4.52.